The number of hydrogen-bond acceptors (Lipinski definition) is 5. The average molecular weight is 403 g/mol. The molecule has 1 aliphatic rings. The van der Waals surface area contributed by atoms with Crippen molar-refractivity contribution in [2.24, 2.45) is 0 Å². The molecule has 1 fully saturated rings. The van der Waals surface area contributed by atoms with E-state index < -0.39 is 36.6 Å². The van der Waals surface area contributed by atoms with Crippen LogP contribution in [0.4, 0.5) is 4.79 Å². The maximum Gasteiger partial charge on any atom is 0.326 e. The molecular weight excluding hydrogens is 374 g/mol. The Hall–Kier alpha value is -2.90. The molecule has 29 heavy (non-hydrogen) atoms. The molecule has 0 radical (unpaired) electrons. The number of imide groups is 1. The number of nitrogens with one attached hydrogen (secondary N) is 1. The van der Waals surface area contributed by atoms with Gasteiger partial charge in [-0.3, -0.25) is 19.3 Å². The maximum atomic E-state index is 12.8. The smallest absolute Gasteiger partial charge is 0.326 e. The van der Waals surface area contributed by atoms with Gasteiger partial charge in [-0.2, -0.15) is 0 Å². The minimum absolute atomic E-state index is 0.370. The Balaban J connectivity index is 1.87. The van der Waals surface area contributed by atoms with E-state index in [1.807, 2.05) is 44.2 Å². The summed E-state index contributed by atoms with van der Waals surface area (Å²) < 4.78 is 5.01. The molecule has 1 saturated heterocycles. The summed E-state index contributed by atoms with van der Waals surface area (Å²) in [5.74, 6) is -1.57. The van der Waals surface area contributed by atoms with Gasteiger partial charge in [-0.05, 0) is 18.4 Å². The van der Waals surface area contributed by atoms with Crippen LogP contribution in [0.1, 0.15) is 45.1 Å². The lowest BCUT2D eigenvalue weighted by molar-refractivity contribution is -0.153. The number of carbonyl (C=O) groups is 4. The second-order valence-electron chi connectivity index (χ2n) is 7.30. The van der Waals surface area contributed by atoms with Crippen molar-refractivity contribution in [2.45, 2.75) is 51.6 Å². The largest absolute Gasteiger partial charge is 0.454 e. The Labute approximate surface area is 171 Å². The Bertz CT molecular complexity index is 744. The predicted octanol–water partition coefficient (Wildman–Crippen LogP) is 2.08. The lowest BCUT2D eigenvalue weighted by Gasteiger charge is -2.25. The molecule has 1 aromatic rings. The van der Waals surface area contributed by atoms with Crippen molar-refractivity contribution in [3.8, 4) is 0 Å². The number of hydrogen-bond donors (Lipinski definition) is 1. The first-order valence-electron chi connectivity index (χ1n) is 9.90. The SMILES string of the molecule is CCCC1(CCC)NC(=O)N(CC(=O)OCC(=O)N(C)Cc2ccccc2)C1=O. The van der Waals surface area contributed by atoms with Gasteiger partial charge in [0.25, 0.3) is 11.8 Å². The molecule has 1 aliphatic heterocycles. The highest BCUT2D eigenvalue weighted by molar-refractivity contribution is 6.08. The Morgan fingerprint density at radius 1 is 1.10 bits per heavy atom. The van der Waals surface area contributed by atoms with E-state index in [1.165, 1.54) is 4.90 Å². The number of esters is 1. The number of rotatable bonds is 10. The summed E-state index contributed by atoms with van der Waals surface area (Å²) in [7, 11) is 1.62. The zero-order valence-electron chi connectivity index (χ0n) is 17.3. The number of ether oxygens (including phenoxy) is 1. The molecule has 1 heterocycles. The van der Waals surface area contributed by atoms with Gasteiger partial charge in [-0.1, -0.05) is 57.0 Å². The van der Waals surface area contributed by atoms with Crippen molar-refractivity contribution in [3.63, 3.8) is 0 Å². The highest BCUT2D eigenvalue weighted by atomic mass is 16.5. The van der Waals surface area contributed by atoms with Gasteiger partial charge in [-0.25, -0.2) is 4.79 Å². The van der Waals surface area contributed by atoms with E-state index in [1.54, 1.807) is 7.05 Å². The number of likely N-dealkylation sites (N-methyl/N-ethyl adjacent to an activating group) is 1. The van der Waals surface area contributed by atoms with Gasteiger partial charge in [0.15, 0.2) is 6.61 Å². The van der Waals surface area contributed by atoms with Crippen molar-refractivity contribution >= 4 is 23.8 Å². The van der Waals surface area contributed by atoms with Gasteiger partial charge < -0.3 is 15.0 Å². The lowest BCUT2D eigenvalue weighted by Crippen LogP contribution is -2.47. The molecule has 0 spiro atoms. The molecule has 0 unspecified atom stereocenters. The van der Waals surface area contributed by atoms with Gasteiger partial charge >= 0.3 is 12.0 Å². The van der Waals surface area contributed by atoms with Gasteiger partial charge in [0.05, 0.1) is 0 Å². The lowest BCUT2D eigenvalue weighted by atomic mass is 9.88. The first kappa shape index (κ1) is 22.4. The van der Waals surface area contributed by atoms with Crippen molar-refractivity contribution in [3.05, 3.63) is 35.9 Å². The molecular formula is C21H29N3O5. The molecule has 8 heteroatoms. The first-order valence-corrected chi connectivity index (χ1v) is 9.90. The number of carbonyl (C=O) groups excluding carboxylic acids is 4. The molecule has 0 atom stereocenters. The minimum Gasteiger partial charge on any atom is -0.454 e. The average Bonchev–Trinajstić information content (AvgIpc) is 2.91. The van der Waals surface area contributed by atoms with E-state index in [9.17, 15) is 19.2 Å². The third-order valence-electron chi connectivity index (χ3n) is 4.93. The third-order valence-corrected chi connectivity index (χ3v) is 4.93. The molecule has 2 rings (SSSR count). The quantitative estimate of drug-likeness (QED) is 0.477. The van der Waals surface area contributed by atoms with Crippen molar-refractivity contribution in [1.82, 2.24) is 15.1 Å². The second-order valence-corrected chi connectivity index (χ2v) is 7.30. The van der Waals surface area contributed by atoms with Crippen LogP contribution in [-0.4, -0.2) is 59.4 Å². The first-order chi connectivity index (χ1) is 13.8. The summed E-state index contributed by atoms with van der Waals surface area (Å²) in [6, 6.07) is 8.84. The fourth-order valence-electron chi connectivity index (χ4n) is 3.51. The molecule has 158 valence electrons. The summed E-state index contributed by atoms with van der Waals surface area (Å²) in [4.78, 5) is 51.7. The van der Waals surface area contributed by atoms with Crippen LogP contribution < -0.4 is 5.32 Å². The summed E-state index contributed by atoms with van der Waals surface area (Å²) in [6.45, 7) is 3.31. The fourth-order valence-corrected chi connectivity index (χ4v) is 3.51. The normalized spacial score (nSPS) is 15.2. The zero-order valence-corrected chi connectivity index (χ0v) is 17.3. The van der Waals surface area contributed by atoms with Crippen molar-refractivity contribution in [1.29, 1.82) is 0 Å². The Kier molecular flexibility index (Phi) is 7.75. The van der Waals surface area contributed by atoms with Crippen LogP contribution in [-0.2, 0) is 25.7 Å². The Morgan fingerprint density at radius 2 is 1.72 bits per heavy atom. The summed E-state index contributed by atoms with van der Waals surface area (Å²) in [5, 5.41) is 2.74. The van der Waals surface area contributed by atoms with Gasteiger partial charge in [0.1, 0.15) is 12.1 Å². The van der Waals surface area contributed by atoms with E-state index in [4.69, 9.17) is 4.74 Å². The molecule has 0 bridgehead atoms. The molecule has 8 nitrogen and oxygen atoms in total. The standard InChI is InChI=1S/C21H29N3O5/c1-4-11-21(12-5-2)19(27)24(20(28)22-21)14-18(26)29-15-17(25)23(3)13-16-9-7-6-8-10-16/h6-10H,4-5,11-15H2,1-3H3,(H,22,28). The Morgan fingerprint density at radius 3 is 2.31 bits per heavy atom. The highest BCUT2D eigenvalue weighted by Crippen LogP contribution is 2.27. The monoisotopic (exact) mass is 403 g/mol. The van der Waals surface area contributed by atoms with Crippen LogP contribution >= 0.6 is 0 Å². The number of nitrogens with zero attached hydrogens (tertiary/aromatic N) is 2. The van der Waals surface area contributed by atoms with Crippen molar-refractivity contribution < 1.29 is 23.9 Å². The van der Waals surface area contributed by atoms with E-state index in [0.29, 0.717) is 19.4 Å². The van der Waals surface area contributed by atoms with Crippen LogP contribution in [0, 0.1) is 0 Å². The molecule has 0 aliphatic carbocycles. The van der Waals surface area contributed by atoms with Gasteiger partial charge in [0, 0.05) is 13.6 Å². The number of benzene rings is 1. The van der Waals surface area contributed by atoms with E-state index in [2.05, 4.69) is 5.32 Å². The van der Waals surface area contributed by atoms with Crippen LogP contribution in [0.3, 0.4) is 0 Å². The molecule has 1 aromatic carbocycles. The third kappa shape index (κ3) is 5.56. The summed E-state index contributed by atoms with van der Waals surface area (Å²) in [6.07, 6.45) is 2.48. The highest BCUT2D eigenvalue weighted by Gasteiger charge is 2.50. The van der Waals surface area contributed by atoms with E-state index in [0.717, 1.165) is 23.3 Å². The number of amides is 4. The van der Waals surface area contributed by atoms with E-state index in [-0.39, 0.29) is 5.91 Å². The molecule has 0 aromatic heterocycles. The van der Waals surface area contributed by atoms with Gasteiger partial charge in [-0.15, -0.1) is 0 Å². The molecule has 0 saturated carbocycles. The van der Waals surface area contributed by atoms with Crippen molar-refractivity contribution in [2.75, 3.05) is 20.2 Å². The molecule has 4 amide bonds. The summed E-state index contributed by atoms with van der Waals surface area (Å²) >= 11 is 0. The zero-order chi connectivity index (χ0) is 21.4. The second kappa shape index (κ2) is 10.0. The maximum absolute atomic E-state index is 12.8. The minimum atomic E-state index is -0.952. The topological polar surface area (TPSA) is 96.0 Å². The van der Waals surface area contributed by atoms with Crippen LogP contribution in [0.2, 0.25) is 0 Å². The van der Waals surface area contributed by atoms with E-state index >= 15 is 0 Å². The van der Waals surface area contributed by atoms with Crippen LogP contribution in [0.15, 0.2) is 30.3 Å². The van der Waals surface area contributed by atoms with Crippen LogP contribution in [0.5, 0.6) is 0 Å². The number of urea groups is 1. The summed E-state index contributed by atoms with van der Waals surface area (Å²) in [5.41, 5.74) is 0.00394. The predicted molar refractivity (Wildman–Crippen MR) is 107 cm³/mol. The van der Waals surface area contributed by atoms with Crippen LogP contribution in [0.25, 0.3) is 0 Å². The molecule has 1 N–H and O–H groups in total. The van der Waals surface area contributed by atoms with Gasteiger partial charge in [0.2, 0.25) is 0 Å². The fraction of sp³-hybridized carbons (Fsp3) is 0.524.